The van der Waals surface area contributed by atoms with E-state index >= 15 is 0 Å². The third-order valence-corrected chi connectivity index (χ3v) is 6.28. The van der Waals surface area contributed by atoms with Crippen LogP contribution < -0.4 is 0 Å². The molecule has 0 N–H and O–H groups in total. The van der Waals surface area contributed by atoms with Crippen LogP contribution in [0.25, 0.3) is 11.0 Å². The molecule has 0 aliphatic carbocycles. The molecule has 0 unspecified atom stereocenters. The standard InChI is InChI=1S/C17H15ClF3N3O2S2/c1-28(25,26)8-4-7-24-14-6-3-2-5-13(14)23-16(24)27-15-12(18)9-11(10-22-15)17(19,20)21/h2-3,5-6,9-10H,4,7-8H2,1H3. The number of imidazole rings is 1. The number of nitrogens with zero attached hydrogens (tertiary/aromatic N) is 3. The summed E-state index contributed by atoms with van der Waals surface area (Å²) in [5.41, 5.74) is 0.553. The molecule has 3 rings (SSSR count). The minimum Gasteiger partial charge on any atom is -0.319 e. The van der Waals surface area contributed by atoms with Gasteiger partial charge in [0.1, 0.15) is 14.9 Å². The molecule has 0 aliphatic heterocycles. The number of sulfone groups is 1. The van der Waals surface area contributed by atoms with Crippen molar-refractivity contribution in [1.29, 1.82) is 0 Å². The van der Waals surface area contributed by atoms with Gasteiger partial charge >= 0.3 is 6.18 Å². The van der Waals surface area contributed by atoms with Crippen molar-refractivity contribution in [2.24, 2.45) is 0 Å². The van der Waals surface area contributed by atoms with Gasteiger partial charge in [-0.3, -0.25) is 0 Å². The van der Waals surface area contributed by atoms with Gasteiger partial charge in [-0.25, -0.2) is 18.4 Å². The fourth-order valence-corrected chi connectivity index (χ4v) is 4.39. The van der Waals surface area contributed by atoms with E-state index in [-0.39, 0.29) is 15.8 Å². The number of alkyl halides is 3. The van der Waals surface area contributed by atoms with Crippen molar-refractivity contribution in [2.45, 2.75) is 29.3 Å². The maximum atomic E-state index is 12.8. The van der Waals surface area contributed by atoms with Crippen LogP contribution in [-0.4, -0.2) is 35.0 Å². The summed E-state index contributed by atoms with van der Waals surface area (Å²) in [5.74, 6) is 0.0168. The van der Waals surface area contributed by atoms with Gasteiger partial charge in [-0.1, -0.05) is 23.7 Å². The van der Waals surface area contributed by atoms with E-state index in [1.165, 1.54) is 6.26 Å². The van der Waals surface area contributed by atoms with Crippen LogP contribution in [-0.2, 0) is 22.6 Å². The zero-order valence-electron chi connectivity index (χ0n) is 14.6. The van der Waals surface area contributed by atoms with Crippen molar-refractivity contribution in [3.63, 3.8) is 0 Å². The van der Waals surface area contributed by atoms with Gasteiger partial charge in [0.25, 0.3) is 0 Å². The number of hydrogen-bond acceptors (Lipinski definition) is 5. The van der Waals surface area contributed by atoms with E-state index in [4.69, 9.17) is 11.6 Å². The first kappa shape index (κ1) is 20.9. The average Bonchev–Trinajstić information content (AvgIpc) is 2.92. The summed E-state index contributed by atoms with van der Waals surface area (Å²) in [6.07, 6.45) is -2.26. The smallest absolute Gasteiger partial charge is 0.319 e. The van der Waals surface area contributed by atoms with Crippen LogP contribution in [0.1, 0.15) is 12.0 Å². The lowest BCUT2D eigenvalue weighted by molar-refractivity contribution is -0.137. The van der Waals surface area contributed by atoms with Gasteiger partial charge in [0.15, 0.2) is 5.16 Å². The van der Waals surface area contributed by atoms with Gasteiger partial charge in [0.2, 0.25) is 0 Å². The highest BCUT2D eigenvalue weighted by Gasteiger charge is 2.31. The van der Waals surface area contributed by atoms with Gasteiger partial charge in [0, 0.05) is 19.0 Å². The Hall–Kier alpha value is -1.78. The van der Waals surface area contributed by atoms with Crippen molar-refractivity contribution in [1.82, 2.24) is 14.5 Å². The van der Waals surface area contributed by atoms with E-state index < -0.39 is 21.6 Å². The average molecular weight is 450 g/mol. The highest BCUT2D eigenvalue weighted by molar-refractivity contribution is 7.99. The molecule has 2 heterocycles. The summed E-state index contributed by atoms with van der Waals surface area (Å²) in [4.78, 5) is 8.32. The van der Waals surface area contributed by atoms with E-state index in [1.54, 1.807) is 6.07 Å². The molecule has 5 nitrogen and oxygen atoms in total. The first-order valence-electron chi connectivity index (χ1n) is 8.08. The Morgan fingerprint density at radius 3 is 2.61 bits per heavy atom. The lowest BCUT2D eigenvalue weighted by atomic mass is 10.3. The van der Waals surface area contributed by atoms with Crippen LogP contribution in [0.3, 0.4) is 0 Å². The Morgan fingerprint density at radius 1 is 1.25 bits per heavy atom. The topological polar surface area (TPSA) is 64.8 Å². The van der Waals surface area contributed by atoms with Crippen molar-refractivity contribution < 1.29 is 21.6 Å². The summed E-state index contributed by atoms with van der Waals surface area (Å²) in [6.45, 7) is 0.383. The molecule has 11 heteroatoms. The van der Waals surface area contributed by atoms with Crippen molar-refractivity contribution in [3.05, 3.63) is 47.1 Å². The van der Waals surface area contributed by atoms with Crippen LogP contribution in [0.2, 0.25) is 5.02 Å². The molecule has 28 heavy (non-hydrogen) atoms. The SMILES string of the molecule is CS(=O)(=O)CCCn1c(Sc2ncc(C(F)(F)F)cc2Cl)nc2ccccc21. The molecule has 0 radical (unpaired) electrons. The summed E-state index contributed by atoms with van der Waals surface area (Å²) in [7, 11) is -3.11. The lowest BCUT2D eigenvalue weighted by Crippen LogP contribution is -2.08. The second kappa shape index (κ2) is 7.92. The van der Waals surface area contributed by atoms with Crippen LogP contribution in [0.4, 0.5) is 13.2 Å². The Bertz CT molecular complexity index is 1110. The highest BCUT2D eigenvalue weighted by Crippen LogP contribution is 2.37. The zero-order valence-corrected chi connectivity index (χ0v) is 17.0. The summed E-state index contributed by atoms with van der Waals surface area (Å²) in [6, 6.07) is 8.11. The molecule has 150 valence electrons. The van der Waals surface area contributed by atoms with Gasteiger partial charge in [-0.15, -0.1) is 0 Å². The van der Waals surface area contributed by atoms with Crippen LogP contribution in [0, 0.1) is 0 Å². The predicted molar refractivity (Wildman–Crippen MR) is 102 cm³/mol. The first-order valence-corrected chi connectivity index (χ1v) is 11.3. The fourth-order valence-electron chi connectivity index (χ4n) is 2.57. The third kappa shape index (κ3) is 4.98. The van der Waals surface area contributed by atoms with Gasteiger partial charge in [-0.05, 0) is 36.4 Å². The van der Waals surface area contributed by atoms with Crippen molar-refractivity contribution in [2.75, 3.05) is 12.0 Å². The number of rotatable bonds is 6. The van der Waals surface area contributed by atoms with Crippen molar-refractivity contribution in [3.8, 4) is 0 Å². The Labute approximate surface area is 168 Å². The first-order chi connectivity index (χ1) is 13.0. The van der Waals surface area contributed by atoms with E-state index in [1.807, 2.05) is 22.8 Å². The molecule has 0 bridgehead atoms. The fraction of sp³-hybridized carbons (Fsp3) is 0.294. The van der Waals surface area contributed by atoms with E-state index in [0.717, 1.165) is 29.5 Å². The largest absolute Gasteiger partial charge is 0.417 e. The molecular formula is C17H15ClF3N3O2S2. The number of fused-ring (bicyclic) bond motifs is 1. The monoisotopic (exact) mass is 449 g/mol. The number of para-hydroxylation sites is 2. The van der Waals surface area contributed by atoms with E-state index in [9.17, 15) is 21.6 Å². The molecule has 0 spiro atoms. The summed E-state index contributed by atoms with van der Waals surface area (Å²) >= 11 is 7.04. The predicted octanol–water partition coefficient (Wildman–Crippen LogP) is 4.69. The molecule has 3 aromatic rings. The maximum Gasteiger partial charge on any atom is 0.417 e. The van der Waals surface area contributed by atoms with Gasteiger partial charge in [-0.2, -0.15) is 13.2 Å². The van der Waals surface area contributed by atoms with E-state index in [2.05, 4.69) is 9.97 Å². The molecule has 2 aromatic heterocycles. The number of halogens is 4. The molecular weight excluding hydrogens is 435 g/mol. The second-order valence-electron chi connectivity index (χ2n) is 6.13. The van der Waals surface area contributed by atoms with Crippen LogP contribution >= 0.6 is 23.4 Å². The quantitative estimate of drug-likeness (QED) is 0.546. The van der Waals surface area contributed by atoms with Gasteiger partial charge < -0.3 is 4.57 Å². The number of hydrogen-bond donors (Lipinski definition) is 0. The second-order valence-corrected chi connectivity index (χ2v) is 9.75. The molecule has 1 aromatic carbocycles. The number of benzene rings is 1. The van der Waals surface area contributed by atoms with Crippen LogP contribution in [0.5, 0.6) is 0 Å². The summed E-state index contributed by atoms with van der Waals surface area (Å²) < 4.78 is 63.0. The van der Waals surface area contributed by atoms with E-state index in [0.29, 0.717) is 23.6 Å². The third-order valence-electron chi connectivity index (χ3n) is 3.84. The number of pyridine rings is 1. The molecule has 0 saturated heterocycles. The zero-order chi connectivity index (χ0) is 20.5. The number of aryl methyl sites for hydroxylation is 1. The molecule has 0 aliphatic rings. The molecule has 0 amide bonds. The molecule has 0 saturated carbocycles. The Morgan fingerprint density at radius 2 is 1.96 bits per heavy atom. The minimum atomic E-state index is -4.53. The highest BCUT2D eigenvalue weighted by atomic mass is 35.5. The normalized spacial score (nSPS) is 12.6. The maximum absolute atomic E-state index is 12.8. The number of aromatic nitrogens is 3. The van der Waals surface area contributed by atoms with Gasteiger partial charge in [0.05, 0.1) is 27.4 Å². The Kier molecular flexibility index (Phi) is 5.92. The Balaban J connectivity index is 1.93. The molecule has 0 fully saturated rings. The summed E-state index contributed by atoms with van der Waals surface area (Å²) in [5, 5.41) is 0.535. The molecule has 0 atom stereocenters. The lowest BCUT2D eigenvalue weighted by Gasteiger charge is -2.10. The minimum absolute atomic E-state index is 0.0168. The van der Waals surface area contributed by atoms with Crippen LogP contribution in [0.15, 0.2) is 46.7 Å². The van der Waals surface area contributed by atoms with Crippen molar-refractivity contribution >= 4 is 44.2 Å².